The highest BCUT2D eigenvalue weighted by Crippen LogP contribution is 2.25. The van der Waals surface area contributed by atoms with Crippen molar-refractivity contribution in [2.45, 2.75) is 45.4 Å². The summed E-state index contributed by atoms with van der Waals surface area (Å²) in [5.41, 5.74) is 0.692. The normalized spacial score (nSPS) is 12.5. The van der Waals surface area contributed by atoms with Crippen molar-refractivity contribution in [2.24, 2.45) is 0 Å². The molecule has 0 fully saturated rings. The van der Waals surface area contributed by atoms with Crippen molar-refractivity contribution in [3.63, 3.8) is 0 Å². The fourth-order valence-corrected chi connectivity index (χ4v) is 3.36. The number of pyridine rings is 2. The number of hydrogen-bond donors (Lipinski definition) is 4. The van der Waals surface area contributed by atoms with E-state index in [1.807, 2.05) is 26.0 Å². The molecule has 11 nitrogen and oxygen atoms in total. The summed E-state index contributed by atoms with van der Waals surface area (Å²) in [7, 11) is 0. The van der Waals surface area contributed by atoms with Gasteiger partial charge in [-0.3, -0.25) is 9.89 Å². The van der Waals surface area contributed by atoms with Gasteiger partial charge in [-0.1, -0.05) is 13.8 Å². The van der Waals surface area contributed by atoms with Gasteiger partial charge in [0.05, 0.1) is 35.2 Å². The topological polar surface area (TPSA) is 157 Å². The van der Waals surface area contributed by atoms with Crippen molar-refractivity contribution in [3.8, 4) is 11.9 Å². The predicted octanol–water partition coefficient (Wildman–Crippen LogP) is 3.12. The minimum atomic E-state index is -1.66. The molecule has 36 heavy (non-hydrogen) atoms. The number of alkyl halides is 1. The largest absolute Gasteiger partial charge is 0.387 e. The molecule has 0 aliphatic rings. The number of H-pyrrole nitrogens is 1. The highest BCUT2D eigenvalue weighted by molar-refractivity contribution is 6.00. The Morgan fingerprint density at radius 1 is 1.25 bits per heavy atom. The first-order valence-corrected chi connectivity index (χ1v) is 11.3. The van der Waals surface area contributed by atoms with E-state index in [4.69, 9.17) is 5.26 Å². The zero-order valence-electron chi connectivity index (χ0n) is 20.2. The van der Waals surface area contributed by atoms with E-state index in [9.17, 15) is 14.3 Å². The van der Waals surface area contributed by atoms with Crippen LogP contribution < -0.4 is 10.6 Å². The zero-order valence-corrected chi connectivity index (χ0v) is 20.2. The minimum Gasteiger partial charge on any atom is -0.387 e. The number of aromatic nitrogens is 6. The van der Waals surface area contributed by atoms with E-state index in [1.165, 1.54) is 30.9 Å². The number of aromatic amines is 1. The van der Waals surface area contributed by atoms with E-state index in [-0.39, 0.29) is 18.0 Å². The number of fused-ring (bicyclic) bond motifs is 1. The van der Waals surface area contributed by atoms with Crippen LogP contribution in [0.2, 0.25) is 0 Å². The summed E-state index contributed by atoms with van der Waals surface area (Å²) < 4.78 is 15.7. The Morgan fingerprint density at radius 2 is 2.03 bits per heavy atom. The van der Waals surface area contributed by atoms with E-state index < -0.39 is 17.7 Å². The molecule has 0 bridgehead atoms. The average Bonchev–Trinajstić information content (AvgIpc) is 3.48. The summed E-state index contributed by atoms with van der Waals surface area (Å²) in [4.78, 5) is 21.6. The molecule has 0 aliphatic carbocycles. The Balaban J connectivity index is 1.70. The lowest BCUT2D eigenvalue weighted by molar-refractivity contribution is -0.00177. The molecule has 4 aromatic heterocycles. The number of halogens is 1. The molecular weight excluding hydrogens is 465 g/mol. The van der Waals surface area contributed by atoms with Crippen LogP contribution in [0.3, 0.4) is 0 Å². The molecule has 4 N–H and O–H groups in total. The molecule has 186 valence electrons. The van der Waals surface area contributed by atoms with Gasteiger partial charge in [-0.25, -0.2) is 14.4 Å². The van der Waals surface area contributed by atoms with Gasteiger partial charge in [0.15, 0.2) is 17.3 Å². The third kappa shape index (κ3) is 5.16. The molecule has 0 aliphatic heterocycles. The molecule has 0 aromatic carbocycles. The summed E-state index contributed by atoms with van der Waals surface area (Å²) >= 11 is 0. The first-order chi connectivity index (χ1) is 17.1. The van der Waals surface area contributed by atoms with Crippen LogP contribution in [0.15, 0.2) is 36.8 Å². The molecule has 4 heterocycles. The number of nitrogens with zero attached hydrogens (tertiary/aromatic N) is 6. The Labute approximate surface area is 206 Å². The highest BCUT2D eigenvalue weighted by atomic mass is 19.1. The number of hydrogen-bond acceptors (Lipinski definition) is 8. The lowest BCUT2D eigenvalue weighted by Crippen LogP contribution is -2.42. The van der Waals surface area contributed by atoms with Crippen LogP contribution in [0.1, 0.15) is 55.2 Å². The molecule has 0 saturated carbocycles. The molecule has 0 spiro atoms. The van der Waals surface area contributed by atoms with E-state index in [0.29, 0.717) is 33.9 Å². The quantitative estimate of drug-likeness (QED) is 0.293. The van der Waals surface area contributed by atoms with Crippen molar-refractivity contribution in [2.75, 3.05) is 11.9 Å². The summed E-state index contributed by atoms with van der Waals surface area (Å²) in [6, 6.07) is 7.14. The monoisotopic (exact) mass is 491 g/mol. The fourth-order valence-electron chi connectivity index (χ4n) is 3.36. The van der Waals surface area contributed by atoms with Crippen LogP contribution in [0, 0.1) is 11.3 Å². The molecular formula is C24H26FN9O2. The van der Waals surface area contributed by atoms with Gasteiger partial charge in [0.2, 0.25) is 0 Å². The van der Waals surface area contributed by atoms with E-state index in [0.717, 1.165) is 5.69 Å². The van der Waals surface area contributed by atoms with E-state index in [2.05, 4.69) is 35.9 Å². The van der Waals surface area contributed by atoms with Crippen LogP contribution in [0.5, 0.6) is 0 Å². The van der Waals surface area contributed by atoms with Gasteiger partial charge in [0.1, 0.15) is 12.2 Å². The first kappa shape index (κ1) is 24.7. The molecule has 4 rings (SSSR count). The fraction of sp³-hybridized carbons (Fsp3) is 0.333. The molecule has 0 radical (unpaired) electrons. The molecule has 0 saturated heterocycles. The number of carbonyl (C=O) groups is 1. The predicted molar refractivity (Wildman–Crippen MR) is 131 cm³/mol. The van der Waals surface area contributed by atoms with Crippen LogP contribution in [-0.4, -0.2) is 59.3 Å². The molecule has 12 heteroatoms. The van der Waals surface area contributed by atoms with Crippen molar-refractivity contribution < 1.29 is 14.3 Å². The van der Waals surface area contributed by atoms with Crippen molar-refractivity contribution in [1.82, 2.24) is 35.3 Å². The summed E-state index contributed by atoms with van der Waals surface area (Å²) in [6.07, 6.45) is 2.69. The zero-order chi connectivity index (χ0) is 26.0. The Morgan fingerprint density at radius 3 is 2.69 bits per heavy atom. The second-order valence-electron chi connectivity index (χ2n) is 9.21. The molecule has 1 atom stereocenters. The standard InChI is InChI=1S/C24H26FN9O2/c1-13(2)17-6-20(33-32-17)31-18-7-21(34-22-15(10-30-34)5-14(8-26)9-28-22)27-11-16(18)23(35)29-12-19(25)24(3,4)36/h5-7,9-11,13,19,36H,12H2,1-4H3,(H,29,35)(H2,27,31,32,33). The Hall–Kier alpha value is -4.37. The summed E-state index contributed by atoms with van der Waals surface area (Å²) in [5, 5.41) is 36.8. The number of amides is 1. The van der Waals surface area contributed by atoms with E-state index in [1.54, 1.807) is 18.3 Å². The van der Waals surface area contributed by atoms with E-state index >= 15 is 0 Å². The third-order valence-corrected chi connectivity index (χ3v) is 5.58. The second-order valence-corrected chi connectivity index (χ2v) is 9.21. The lowest BCUT2D eigenvalue weighted by Gasteiger charge is -2.22. The second kappa shape index (κ2) is 9.71. The van der Waals surface area contributed by atoms with Crippen LogP contribution in [0.4, 0.5) is 15.9 Å². The van der Waals surface area contributed by atoms with Crippen LogP contribution in [0.25, 0.3) is 16.9 Å². The third-order valence-electron chi connectivity index (χ3n) is 5.58. The van der Waals surface area contributed by atoms with Crippen molar-refractivity contribution in [1.29, 1.82) is 5.26 Å². The highest BCUT2D eigenvalue weighted by Gasteiger charge is 2.27. The van der Waals surface area contributed by atoms with Crippen molar-refractivity contribution in [3.05, 3.63) is 53.6 Å². The summed E-state index contributed by atoms with van der Waals surface area (Å²) in [5.74, 6) is 0.477. The van der Waals surface area contributed by atoms with Gasteiger partial charge in [0.25, 0.3) is 5.91 Å². The summed E-state index contributed by atoms with van der Waals surface area (Å²) in [6.45, 7) is 6.32. The van der Waals surface area contributed by atoms with Gasteiger partial charge in [-0.05, 0) is 25.8 Å². The van der Waals surface area contributed by atoms with Crippen LogP contribution in [-0.2, 0) is 0 Å². The minimum absolute atomic E-state index is 0.145. The molecule has 1 unspecified atom stereocenters. The number of rotatable bonds is 8. The van der Waals surface area contributed by atoms with Gasteiger partial charge in [0, 0.05) is 35.6 Å². The number of nitriles is 1. The number of aliphatic hydroxyl groups is 1. The molecule has 4 aromatic rings. The SMILES string of the molecule is CC(C)c1cc(Nc2cc(-n3ncc4cc(C#N)cnc43)ncc2C(=O)NCC(F)C(C)(C)O)n[nH]1. The first-order valence-electron chi connectivity index (χ1n) is 11.3. The van der Waals surface area contributed by atoms with Gasteiger partial charge < -0.3 is 15.7 Å². The van der Waals surface area contributed by atoms with Crippen LogP contribution >= 0.6 is 0 Å². The van der Waals surface area contributed by atoms with Gasteiger partial charge in [-0.2, -0.15) is 20.1 Å². The maximum absolute atomic E-state index is 14.2. The van der Waals surface area contributed by atoms with Gasteiger partial charge >= 0.3 is 0 Å². The smallest absolute Gasteiger partial charge is 0.255 e. The van der Waals surface area contributed by atoms with Gasteiger partial charge in [-0.15, -0.1) is 0 Å². The van der Waals surface area contributed by atoms with Crippen molar-refractivity contribution >= 4 is 28.4 Å². The Kier molecular flexibility index (Phi) is 6.67. The lowest BCUT2D eigenvalue weighted by atomic mass is 10.0. The Bertz CT molecular complexity index is 1450. The maximum atomic E-state index is 14.2. The number of carbonyl (C=O) groups excluding carboxylic acids is 1. The molecule has 1 amide bonds. The average molecular weight is 492 g/mol. The maximum Gasteiger partial charge on any atom is 0.255 e. The number of anilines is 2. The number of nitrogens with one attached hydrogen (secondary N) is 3.